The lowest BCUT2D eigenvalue weighted by Crippen LogP contribution is -2.39. The number of likely N-dealkylation sites (tertiary alicyclic amines) is 1. The molecule has 11 heteroatoms. The molecule has 1 N–H and O–H groups in total. The van der Waals surface area contributed by atoms with E-state index in [4.69, 9.17) is 4.52 Å². The Bertz CT molecular complexity index is 1030. The highest BCUT2D eigenvalue weighted by molar-refractivity contribution is 5.92. The van der Waals surface area contributed by atoms with Crippen molar-refractivity contribution in [3.8, 4) is 0 Å². The monoisotopic (exact) mass is 408 g/mol. The molecule has 1 unspecified atom stereocenters. The van der Waals surface area contributed by atoms with Crippen LogP contribution in [0.4, 0.5) is 13.2 Å². The quantitative estimate of drug-likeness (QED) is 0.712. The molecule has 4 heterocycles. The van der Waals surface area contributed by atoms with Crippen LogP contribution in [0.3, 0.4) is 0 Å². The number of alkyl halides is 3. The minimum Gasteiger partial charge on any atom is -0.337 e. The Morgan fingerprint density at radius 3 is 2.83 bits per heavy atom. The molecule has 1 saturated heterocycles. The number of aromatic nitrogens is 5. The van der Waals surface area contributed by atoms with Crippen LogP contribution < -0.4 is 0 Å². The second kappa shape index (κ2) is 7.12. The summed E-state index contributed by atoms with van der Waals surface area (Å²) >= 11 is 0. The molecule has 0 bridgehead atoms. The van der Waals surface area contributed by atoms with Gasteiger partial charge in [-0.1, -0.05) is 19.0 Å². The first kappa shape index (κ1) is 19.3. The third-order valence-electron chi connectivity index (χ3n) is 5.12. The van der Waals surface area contributed by atoms with E-state index in [0.717, 1.165) is 6.07 Å². The first-order valence-corrected chi connectivity index (χ1v) is 9.28. The summed E-state index contributed by atoms with van der Waals surface area (Å²) in [5, 5.41) is 13.6. The summed E-state index contributed by atoms with van der Waals surface area (Å²) in [6.45, 7) is 4.23. The number of carbonyl (C=O) groups is 1. The van der Waals surface area contributed by atoms with E-state index in [1.54, 1.807) is 18.7 Å². The van der Waals surface area contributed by atoms with Crippen LogP contribution in [-0.2, 0) is 6.18 Å². The minimum atomic E-state index is -4.57. The topological polar surface area (TPSA) is 101 Å². The number of nitrogens with zero attached hydrogens (tertiary/aromatic N) is 5. The molecule has 1 fully saturated rings. The average Bonchev–Trinajstić information content (AvgIpc) is 3.35. The third kappa shape index (κ3) is 3.56. The number of carbonyl (C=O) groups excluding carboxylic acids is 1. The summed E-state index contributed by atoms with van der Waals surface area (Å²) < 4.78 is 46.6. The van der Waals surface area contributed by atoms with Gasteiger partial charge in [-0.05, 0) is 24.8 Å². The van der Waals surface area contributed by atoms with Gasteiger partial charge in [-0.2, -0.15) is 28.6 Å². The number of amides is 1. The maximum absolute atomic E-state index is 13.8. The van der Waals surface area contributed by atoms with E-state index >= 15 is 0 Å². The van der Waals surface area contributed by atoms with Crippen molar-refractivity contribution in [1.82, 2.24) is 30.5 Å². The number of rotatable bonds is 3. The second-order valence-corrected chi connectivity index (χ2v) is 7.44. The molecule has 1 amide bonds. The molecule has 8 nitrogen and oxygen atoms in total. The van der Waals surface area contributed by atoms with Gasteiger partial charge >= 0.3 is 6.18 Å². The number of hydrogen-bond donors (Lipinski definition) is 1. The van der Waals surface area contributed by atoms with Crippen molar-refractivity contribution in [2.45, 2.75) is 44.7 Å². The van der Waals surface area contributed by atoms with Crippen LogP contribution in [0.1, 0.15) is 66.0 Å². The summed E-state index contributed by atoms with van der Waals surface area (Å²) in [5.74, 6) is -0.916. The maximum atomic E-state index is 13.8. The molecule has 4 rings (SSSR count). The first-order chi connectivity index (χ1) is 13.8. The zero-order valence-electron chi connectivity index (χ0n) is 15.8. The fourth-order valence-corrected chi connectivity index (χ4v) is 3.64. The Hall–Kier alpha value is -2.98. The van der Waals surface area contributed by atoms with Crippen LogP contribution in [0.25, 0.3) is 11.1 Å². The van der Waals surface area contributed by atoms with Gasteiger partial charge in [-0.3, -0.25) is 4.79 Å². The van der Waals surface area contributed by atoms with Crippen molar-refractivity contribution in [3.63, 3.8) is 0 Å². The van der Waals surface area contributed by atoms with Gasteiger partial charge in [0.05, 0.1) is 22.8 Å². The molecular formula is C18H19F3N6O2. The van der Waals surface area contributed by atoms with E-state index < -0.39 is 17.7 Å². The second-order valence-electron chi connectivity index (χ2n) is 7.44. The average molecular weight is 408 g/mol. The van der Waals surface area contributed by atoms with Crippen LogP contribution in [0.5, 0.6) is 0 Å². The van der Waals surface area contributed by atoms with Crippen molar-refractivity contribution in [1.29, 1.82) is 0 Å². The van der Waals surface area contributed by atoms with Crippen LogP contribution >= 0.6 is 0 Å². The molecule has 0 aromatic carbocycles. The number of pyridine rings is 1. The largest absolute Gasteiger partial charge is 0.417 e. The molecule has 1 aliphatic rings. The van der Waals surface area contributed by atoms with E-state index in [0.29, 0.717) is 25.1 Å². The number of halogens is 3. The zero-order chi connectivity index (χ0) is 20.8. The van der Waals surface area contributed by atoms with E-state index in [1.807, 2.05) is 0 Å². The Kier molecular flexibility index (Phi) is 4.75. The predicted molar refractivity (Wildman–Crippen MR) is 95.2 cm³/mol. The zero-order valence-corrected chi connectivity index (χ0v) is 15.8. The van der Waals surface area contributed by atoms with Gasteiger partial charge in [0.25, 0.3) is 11.6 Å². The highest BCUT2D eigenvalue weighted by Gasteiger charge is 2.38. The van der Waals surface area contributed by atoms with E-state index in [1.165, 1.54) is 6.20 Å². The highest BCUT2D eigenvalue weighted by atomic mass is 19.4. The van der Waals surface area contributed by atoms with Gasteiger partial charge in [-0.25, -0.2) is 4.98 Å². The Balaban J connectivity index is 1.73. The van der Waals surface area contributed by atoms with E-state index in [2.05, 4.69) is 25.6 Å². The molecule has 154 valence electrons. The lowest BCUT2D eigenvalue weighted by Gasteiger charge is -2.31. The number of nitrogens with one attached hydrogen (secondary N) is 1. The summed E-state index contributed by atoms with van der Waals surface area (Å²) in [5.41, 5.74) is -0.289. The summed E-state index contributed by atoms with van der Waals surface area (Å²) in [7, 11) is 0. The van der Waals surface area contributed by atoms with Crippen molar-refractivity contribution >= 4 is 17.0 Å². The van der Waals surface area contributed by atoms with Gasteiger partial charge < -0.3 is 9.42 Å². The maximum Gasteiger partial charge on any atom is 0.417 e. The number of fused-ring (bicyclic) bond motifs is 1. The summed E-state index contributed by atoms with van der Waals surface area (Å²) in [6, 6.07) is 1.06. The Labute approximate surface area is 163 Å². The molecule has 1 atom stereocenters. The lowest BCUT2D eigenvalue weighted by atomic mass is 9.91. The van der Waals surface area contributed by atoms with Crippen LogP contribution in [0.2, 0.25) is 0 Å². The highest BCUT2D eigenvalue weighted by Crippen LogP contribution is 2.40. The smallest absolute Gasteiger partial charge is 0.337 e. The van der Waals surface area contributed by atoms with Crippen molar-refractivity contribution < 1.29 is 22.5 Å². The summed E-state index contributed by atoms with van der Waals surface area (Å²) in [4.78, 5) is 18.3. The number of hydrogen-bond acceptors (Lipinski definition) is 6. The third-order valence-corrected chi connectivity index (χ3v) is 5.12. The van der Waals surface area contributed by atoms with Gasteiger partial charge in [-0.15, -0.1) is 0 Å². The van der Waals surface area contributed by atoms with Gasteiger partial charge in [0.1, 0.15) is 0 Å². The molecule has 0 saturated carbocycles. The van der Waals surface area contributed by atoms with E-state index in [9.17, 15) is 18.0 Å². The number of H-pyrrole nitrogens is 1. The van der Waals surface area contributed by atoms with Crippen LogP contribution in [0, 0.1) is 0 Å². The van der Waals surface area contributed by atoms with Gasteiger partial charge in [0.2, 0.25) is 0 Å². The summed E-state index contributed by atoms with van der Waals surface area (Å²) in [6.07, 6.45) is -2.04. The number of piperidine rings is 1. The molecule has 3 aromatic rings. The molecule has 0 spiro atoms. The van der Waals surface area contributed by atoms with Crippen molar-refractivity contribution in [2.24, 2.45) is 0 Å². The van der Waals surface area contributed by atoms with Gasteiger partial charge in [0, 0.05) is 24.7 Å². The molecule has 0 aliphatic carbocycles. The molecule has 3 aromatic heterocycles. The molecule has 0 radical (unpaired) electrons. The van der Waals surface area contributed by atoms with Crippen molar-refractivity contribution in [3.05, 3.63) is 34.9 Å². The Morgan fingerprint density at radius 1 is 1.38 bits per heavy atom. The normalized spacial score (nSPS) is 18.0. The predicted octanol–water partition coefficient (Wildman–Crippen LogP) is 3.50. The van der Waals surface area contributed by atoms with Crippen molar-refractivity contribution in [2.75, 3.05) is 13.1 Å². The van der Waals surface area contributed by atoms with Crippen LogP contribution in [0.15, 0.2) is 16.8 Å². The number of aromatic amines is 1. The Morgan fingerprint density at radius 2 is 2.17 bits per heavy atom. The molecule has 29 heavy (non-hydrogen) atoms. The first-order valence-electron chi connectivity index (χ1n) is 9.28. The fraction of sp³-hybridized carbons (Fsp3) is 0.500. The van der Waals surface area contributed by atoms with E-state index in [-0.39, 0.29) is 40.9 Å². The van der Waals surface area contributed by atoms with Gasteiger partial charge in [0.15, 0.2) is 5.69 Å². The minimum absolute atomic E-state index is 0.123. The fourth-order valence-electron chi connectivity index (χ4n) is 3.64. The SMILES string of the molecule is CC(C)c1cc(C(F)(F)F)c2c(C3CCCN(C(=O)c4cn[nH]n4)C3)noc2n1. The molecule has 1 aliphatic heterocycles. The lowest BCUT2D eigenvalue weighted by molar-refractivity contribution is -0.136. The van der Waals surface area contributed by atoms with Crippen LogP contribution in [-0.4, -0.2) is 49.4 Å². The standard InChI is InChI=1S/C18H19F3N6O2/c1-9(2)12-6-11(18(19,20)21)14-15(25-29-16(14)23-12)10-4-3-5-27(8-10)17(28)13-7-22-26-24-13/h6-7,9-10H,3-5,8H2,1-2H3,(H,22,24,26). The molecular weight excluding hydrogens is 389 g/mol.